The quantitative estimate of drug-likeness (QED) is 0.543. The van der Waals surface area contributed by atoms with Crippen molar-refractivity contribution in [3.05, 3.63) is 12.7 Å². The molecule has 16 heavy (non-hydrogen) atoms. The Hall–Kier alpha value is -0.830. The van der Waals surface area contributed by atoms with E-state index >= 15 is 0 Å². The van der Waals surface area contributed by atoms with Gasteiger partial charge in [-0.05, 0) is 11.3 Å². The monoisotopic (exact) mass is 225 g/mol. The molecule has 3 heteroatoms. The molecule has 3 nitrogen and oxygen atoms in total. The van der Waals surface area contributed by atoms with Crippen molar-refractivity contribution in [2.24, 2.45) is 17.3 Å². The standard InChI is InChI=1S/C13H23NO2/c1-6-7-14-8-10(12(15)16-5)11(9-14)13(2,3)4/h6,10-11H,1,7-9H2,2-5H3. The van der Waals surface area contributed by atoms with Crippen LogP contribution in [0.2, 0.25) is 0 Å². The van der Waals surface area contributed by atoms with Crippen LogP contribution in [0.4, 0.5) is 0 Å². The molecule has 1 heterocycles. The summed E-state index contributed by atoms with van der Waals surface area (Å²) in [5.41, 5.74) is 0.134. The summed E-state index contributed by atoms with van der Waals surface area (Å²) < 4.78 is 4.89. The van der Waals surface area contributed by atoms with Gasteiger partial charge in [0.25, 0.3) is 0 Å². The Morgan fingerprint density at radius 3 is 2.56 bits per heavy atom. The number of carbonyl (C=O) groups is 1. The topological polar surface area (TPSA) is 29.5 Å². The first-order chi connectivity index (χ1) is 7.40. The molecule has 1 saturated heterocycles. The molecule has 0 aliphatic carbocycles. The van der Waals surface area contributed by atoms with Crippen LogP contribution < -0.4 is 0 Å². The summed E-state index contributed by atoms with van der Waals surface area (Å²) in [6.07, 6.45) is 1.89. The molecule has 0 radical (unpaired) electrons. The number of rotatable bonds is 3. The summed E-state index contributed by atoms with van der Waals surface area (Å²) in [4.78, 5) is 14.0. The first-order valence-corrected chi connectivity index (χ1v) is 5.81. The van der Waals surface area contributed by atoms with Gasteiger partial charge in [0.15, 0.2) is 0 Å². The average Bonchev–Trinajstić information content (AvgIpc) is 2.61. The summed E-state index contributed by atoms with van der Waals surface area (Å²) in [7, 11) is 1.47. The molecule has 0 bridgehead atoms. The van der Waals surface area contributed by atoms with E-state index in [2.05, 4.69) is 32.3 Å². The second-order valence-electron chi connectivity index (χ2n) is 5.61. The van der Waals surface area contributed by atoms with Crippen LogP contribution in [0.15, 0.2) is 12.7 Å². The van der Waals surface area contributed by atoms with Gasteiger partial charge in [0.1, 0.15) is 0 Å². The van der Waals surface area contributed by atoms with Crippen LogP contribution in [0.1, 0.15) is 20.8 Å². The van der Waals surface area contributed by atoms with E-state index in [1.54, 1.807) is 0 Å². The number of hydrogen-bond donors (Lipinski definition) is 0. The van der Waals surface area contributed by atoms with Crippen molar-refractivity contribution in [2.75, 3.05) is 26.7 Å². The normalized spacial score (nSPS) is 26.8. The van der Waals surface area contributed by atoms with E-state index in [0.29, 0.717) is 5.92 Å². The SMILES string of the molecule is C=CCN1CC(C(=O)OC)C(C(C)(C)C)C1. The minimum atomic E-state index is -0.0773. The highest BCUT2D eigenvalue weighted by atomic mass is 16.5. The molecule has 1 aliphatic rings. The molecule has 2 unspecified atom stereocenters. The van der Waals surface area contributed by atoms with E-state index < -0.39 is 0 Å². The minimum absolute atomic E-state index is 0.00458. The molecule has 0 N–H and O–H groups in total. The van der Waals surface area contributed by atoms with Crippen LogP contribution in [0.25, 0.3) is 0 Å². The zero-order chi connectivity index (χ0) is 12.3. The second kappa shape index (κ2) is 5.00. The zero-order valence-corrected chi connectivity index (χ0v) is 10.8. The maximum absolute atomic E-state index is 11.7. The third kappa shape index (κ3) is 2.85. The number of likely N-dealkylation sites (tertiary alicyclic amines) is 1. The van der Waals surface area contributed by atoms with E-state index in [9.17, 15) is 4.79 Å². The Labute approximate surface area is 98.5 Å². The summed E-state index contributed by atoms with van der Waals surface area (Å²) in [6.45, 7) is 12.9. The van der Waals surface area contributed by atoms with Gasteiger partial charge in [0.2, 0.25) is 0 Å². The van der Waals surface area contributed by atoms with Gasteiger partial charge in [-0.15, -0.1) is 6.58 Å². The van der Waals surface area contributed by atoms with Gasteiger partial charge in [0.05, 0.1) is 13.0 Å². The van der Waals surface area contributed by atoms with Gasteiger partial charge >= 0.3 is 5.97 Å². The van der Waals surface area contributed by atoms with Crippen molar-refractivity contribution in [1.82, 2.24) is 4.90 Å². The van der Waals surface area contributed by atoms with Gasteiger partial charge < -0.3 is 4.74 Å². The van der Waals surface area contributed by atoms with Crippen molar-refractivity contribution in [3.63, 3.8) is 0 Å². The Morgan fingerprint density at radius 1 is 1.50 bits per heavy atom. The zero-order valence-electron chi connectivity index (χ0n) is 10.8. The molecule has 1 aliphatic heterocycles. The summed E-state index contributed by atoms with van der Waals surface area (Å²) >= 11 is 0. The van der Waals surface area contributed by atoms with Gasteiger partial charge in [0, 0.05) is 19.6 Å². The van der Waals surface area contributed by atoms with E-state index in [0.717, 1.165) is 19.6 Å². The molecular weight excluding hydrogens is 202 g/mol. The van der Waals surface area contributed by atoms with Crippen molar-refractivity contribution in [1.29, 1.82) is 0 Å². The maximum Gasteiger partial charge on any atom is 0.310 e. The first kappa shape index (κ1) is 13.2. The lowest BCUT2D eigenvalue weighted by Crippen LogP contribution is -2.32. The van der Waals surface area contributed by atoms with Crippen molar-refractivity contribution < 1.29 is 9.53 Å². The molecule has 0 aromatic rings. The van der Waals surface area contributed by atoms with Crippen LogP contribution in [-0.2, 0) is 9.53 Å². The molecule has 0 spiro atoms. The molecule has 1 rings (SSSR count). The first-order valence-electron chi connectivity index (χ1n) is 5.81. The highest BCUT2D eigenvalue weighted by molar-refractivity contribution is 5.73. The van der Waals surface area contributed by atoms with Crippen LogP contribution in [-0.4, -0.2) is 37.6 Å². The number of nitrogens with zero attached hydrogens (tertiary/aromatic N) is 1. The molecule has 2 atom stereocenters. The van der Waals surface area contributed by atoms with Gasteiger partial charge in [-0.3, -0.25) is 9.69 Å². The third-order valence-electron chi connectivity index (χ3n) is 3.40. The van der Waals surface area contributed by atoms with Crippen LogP contribution >= 0.6 is 0 Å². The van der Waals surface area contributed by atoms with Crippen LogP contribution in [0.3, 0.4) is 0 Å². The Balaban J connectivity index is 2.79. The summed E-state index contributed by atoms with van der Waals surface area (Å²) in [5, 5.41) is 0. The van der Waals surface area contributed by atoms with Crippen LogP contribution in [0.5, 0.6) is 0 Å². The average molecular weight is 225 g/mol. The van der Waals surface area contributed by atoms with Gasteiger partial charge in [-0.25, -0.2) is 0 Å². The number of methoxy groups -OCH3 is 1. The van der Waals surface area contributed by atoms with Gasteiger partial charge in [-0.2, -0.15) is 0 Å². The van der Waals surface area contributed by atoms with Crippen molar-refractivity contribution in [2.45, 2.75) is 20.8 Å². The summed E-state index contributed by atoms with van der Waals surface area (Å²) in [6, 6.07) is 0. The lowest BCUT2D eigenvalue weighted by Gasteiger charge is -2.30. The lowest BCUT2D eigenvalue weighted by molar-refractivity contribution is -0.147. The molecule has 1 fully saturated rings. The summed E-state index contributed by atoms with van der Waals surface area (Å²) in [5.74, 6) is 0.288. The molecule has 0 aromatic heterocycles. The Morgan fingerprint density at radius 2 is 2.12 bits per heavy atom. The molecule has 0 saturated carbocycles. The maximum atomic E-state index is 11.7. The predicted molar refractivity (Wildman–Crippen MR) is 65.1 cm³/mol. The predicted octanol–water partition coefficient (Wildman–Crippen LogP) is 1.94. The number of esters is 1. The third-order valence-corrected chi connectivity index (χ3v) is 3.40. The van der Waals surface area contributed by atoms with E-state index in [-0.39, 0.29) is 17.3 Å². The van der Waals surface area contributed by atoms with Crippen molar-refractivity contribution in [3.8, 4) is 0 Å². The number of carbonyl (C=O) groups excluding carboxylic acids is 1. The minimum Gasteiger partial charge on any atom is -0.469 e. The molecule has 92 valence electrons. The molecule has 0 amide bonds. The smallest absolute Gasteiger partial charge is 0.310 e. The fourth-order valence-corrected chi connectivity index (χ4v) is 2.48. The lowest BCUT2D eigenvalue weighted by atomic mass is 9.75. The Bertz CT molecular complexity index is 268. The van der Waals surface area contributed by atoms with E-state index in [4.69, 9.17) is 4.74 Å². The van der Waals surface area contributed by atoms with E-state index in [1.807, 2.05) is 6.08 Å². The highest BCUT2D eigenvalue weighted by Crippen LogP contribution is 2.38. The Kier molecular flexibility index (Phi) is 4.14. The van der Waals surface area contributed by atoms with Gasteiger partial charge in [-0.1, -0.05) is 26.8 Å². The van der Waals surface area contributed by atoms with Crippen molar-refractivity contribution >= 4 is 5.97 Å². The second-order valence-corrected chi connectivity index (χ2v) is 5.61. The number of hydrogen-bond acceptors (Lipinski definition) is 3. The fraction of sp³-hybridized carbons (Fsp3) is 0.769. The van der Waals surface area contributed by atoms with E-state index in [1.165, 1.54) is 7.11 Å². The number of ether oxygens (including phenoxy) is 1. The van der Waals surface area contributed by atoms with Crippen LogP contribution in [0, 0.1) is 17.3 Å². The highest BCUT2D eigenvalue weighted by Gasteiger charge is 2.43. The largest absolute Gasteiger partial charge is 0.469 e. The fourth-order valence-electron chi connectivity index (χ4n) is 2.48. The molecule has 0 aromatic carbocycles. The molecular formula is C13H23NO2.